The van der Waals surface area contributed by atoms with Crippen LogP contribution in [0.25, 0.3) is 0 Å². The number of piperazine rings is 2. The van der Waals surface area contributed by atoms with Crippen molar-refractivity contribution in [1.82, 2.24) is 30.0 Å². The molecule has 2 unspecified atom stereocenters. The highest BCUT2D eigenvalue weighted by Gasteiger charge is 2.36. The Balaban J connectivity index is 0.000000303. The van der Waals surface area contributed by atoms with Crippen LogP contribution in [0.3, 0.4) is 0 Å². The van der Waals surface area contributed by atoms with Crippen LogP contribution in [0.1, 0.15) is 20.8 Å². The number of nitrogens with zero attached hydrogens (tertiary/aromatic N) is 5. The van der Waals surface area contributed by atoms with Gasteiger partial charge in [-0.15, -0.1) is 24.8 Å². The number of ether oxygens (including phenoxy) is 5. The molecule has 2 aromatic heterocycles. The second-order valence-electron chi connectivity index (χ2n) is 13.5. The number of carbonyl (C=O) groups is 3. The SMILES string of the molecule is CC(C)(C)OC(=O)N1CCN(C(=O)Oc2ccc(F)cc2)C(COc2cccnc2)C1.Cl.Cl.O=C(Oc1ccc(F)cc1)N1CCNCC1COc1cccnc1. The zero-order valence-corrected chi connectivity index (χ0v) is 33.3. The van der Waals surface area contributed by atoms with Gasteiger partial charge in [-0.25, -0.2) is 23.2 Å². The van der Waals surface area contributed by atoms with Crippen LogP contribution >= 0.6 is 24.8 Å². The maximum atomic E-state index is 13.1. The first kappa shape index (κ1) is 45.9. The van der Waals surface area contributed by atoms with Crippen LogP contribution in [0.2, 0.25) is 0 Å². The van der Waals surface area contributed by atoms with E-state index in [4.69, 9.17) is 23.7 Å². The van der Waals surface area contributed by atoms with Crippen molar-refractivity contribution in [3.05, 3.63) is 109 Å². The van der Waals surface area contributed by atoms with Gasteiger partial charge in [0.05, 0.1) is 24.5 Å². The third-order valence-electron chi connectivity index (χ3n) is 8.14. The molecule has 308 valence electrons. The van der Waals surface area contributed by atoms with Crippen LogP contribution in [-0.4, -0.2) is 113 Å². The molecule has 2 fully saturated rings. The van der Waals surface area contributed by atoms with Crippen LogP contribution in [-0.2, 0) is 4.74 Å². The van der Waals surface area contributed by atoms with Gasteiger partial charge < -0.3 is 33.9 Å². The number of carbonyl (C=O) groups excluding carboxylic acids is 3. The van der Waals surface area contributed by atoms with Crippen LogP contribution in [0.15, 0.2) is 97.6 Å². The fourth-order valence-electron chi connectivity index (χ4n) is 5.45. The van der Waals surface area contributed by atoms with E-state index in [0.717, 1.165) is 0 Å². The predicted molar refractivity (Wildman–Crippen MR) is 210 cm³/mol. The topological polar surface area (TPSA) is 145 Å². The lowest BCUT2D eigenvalue weighted by Gasteiger charge is -2.40. The van der Waals surface area contributed by atoms with E-state index < -0.39 is 35.7 Å². The quantitative estimate of drug-likeness (QED) is 0.204. The zero-order chi connectivity index (χ0) is 39.2. The number of hydrogen-bond acceptors (Lipinski definition) is 11. The predicted octanol–water partition coefficient (Wildman–Crippen LogP) is 6.64. The van der Waals surface area contributed by atoms with Crippen LogP contribution in [0.5, 0.6) is 23.0 Å². The molecule has 0 spiro atoms. The Kier molecular flexibility index (Phi) is 18.0. The largest absolute Gasteiger partial charge is 0.490 e. The molecule has 2 aliphatic heterocycles. The molecule has 14 nitrogen and oxygen atoms in total. The highest BCUT2D eigenvalue weighted by atomic mass is 35.5. The molecule has 0 bridgehead atoms. The second-order valence-corrected chi connectivity index (χ2v) is 13.5. The zero-order valence-electron chi connectivity index (χ0n) is 31.6. The highest BCUT2D eigenvalue weighted by Crippen LogP contribution is 2.20. The van der Waals surface area contributed by atoms with Crippen molar-refractivity contribution in [1.29, 1.82) is 0 Å². The third-order valence-corrected chi connectivity index (χ3v) is 8.14. The molecule has 4 aromatic rings. The third kappa shape index (κ3) is 14.9. The smallest absolute Gasteiger partial charge is 0.415 e. The Bertz CT molecular complexity index is 1830. The summed E-state index contributed by atoms with van der Waals surface area (Å²) in [5.41, 5.74) is -0.628. The first-order chi connectivity index (χ1) is 26.4. The first-order valence-electron chi connectivity index (χ1n) is 17.7. The molecular weight excluding hydrogens is 789 g/mol. The summed E-state index contributed by atoms with van der Waals surface area (Å²) < 4.78 is 53.7. The number of amides is 3. The van der Waals surface area contributed by atoms with E-state index in [9.17, 15) is 23.2 Å². The molecule has 0 saturated carbocycles. The van der Waals surface area contributed by atoms with E-state index in [1.54, 1.807) is 73.6 Å². The molecule has 1 N–H and O–H groups in total. The average molecular weight is 836 g/mol. The van der Waals surface area contributed by atoms with Gasteiger partial charge in [-0.3, -0.25) is 19.8 Å². The van der Waals surface area contributed by atoms with Gasteiger partial charge in [0, 0.05) is 51.7 Å². The van der Waals surface area contributed by atoms with E-state index in [1.165, 1.54) is 53.4 Å². The van der Waals surface area contributed by atoms with E-state index in [-0.39, 0.29) is 68.7 Å². The molecular formula is C39H46Cl2F2N6O8. The molecule has 4 heterocycles. The number of halogens is 4. The molecule has 57 heavy (non-hydrogen) atoms. The van der Waals surface area contributed by atoms with Gasteiger partial charge in [-0.2, -0.15) is 0 Å². The molecule has 18 heteroatoms. The number of hydrogen-bond donors (Lipinski definition) is 1. The fourth-order valence-corrected chi connectivity index (χ4v) is 5.45. The summed E-state index contributed by atoms with van der Waals surface area (Å²) in [6.45, 7) is 8.39. The summed E-state index contributed by atoms with van der Waals surface area (Å²) >= 11 is 0. The summed E-state index contributed by atoms with van der Waals surface area (Å²) in [4.78, 5) is 50.4. The number of nitrogens with one attached hydrogen (secondary N) is 1. The van der Waals surface area contributed by atoms with Crippen molar-refractivity contribution in [2.75, 3.05) is 52.5 Å². The van der Waals surface area contributed by atoms with E-state index in [1.807, 2.05) is 6.07 Å². The Morgan fingerprint density at radius 3 is 1.65 bits per heavy atom. The number of benzene rings is 2. The van der Waals surface area contributed by atoms with Gasteiger partial charge in [-0.1, -0.05) is 0 Å². The molecule has 6 rings (SSSR count). The summed E-state index contributed by atoms with van der Waals surface area (Å²) in [6, 6.07) is 17.0. The minimum Gasteiger partial charge on any atom is -0.490 e. The number of rotatable bonds is 8. The van der Waals surface area contributed by atoms with E-state index in [2.05, 4.69) is 15.3 Å². The lowest BCUT2D eigenvalue weighted by Crippen LogP contribution is -2.59. The summed E-state index contributed by atoms with van der Waals surface area (Å²) in [6.07, 6.45) is 4.96. The van der Waals surface area contributed by atoms with Crippen molar-refractivity contribution in [2.24, 2.45) is 0 Å². The Morgan fingerprint density at radius 2 is 1.18 bits per heavy atom. The Hall–Kier alpha value is -5.45. The Labute approximate surface area is 342 Å². The van der Waals surface area contributed by atoms with Gasteiger partial charge in [0.15, 0.2) is 0 Å². The van der Waals surface area contributed by atoms with Crippen molar-refractivity contribution < 1.29 is 46.8 Å². The van der Waals surface area contributed by atoms with Crippen LogP contribution in [0.4, 0.5) is 23.2 Å². The summed E-state index contributed by atoms with van der Waals surface area (Å²) in [5, 5.41) is 3.23. The molecule has 2 aliphatic rings. The van der Waals surface area contributed by atoms with Crippen LogP contribution in [0, 0.1) is 11.6 Å². The average Bonchev–Trinajstić information content (AvgIpc) is 3.18. The normalized spacial score (nSPS) is 16.3. The minimum absolute atomic E-state index is 0. The van der Waals surface area contributed by atoms with E-state index in [0.29, 0.717) is 43.5 Å². The lowest BCUT2D eigenvalue weighted by molar-refractivity contribution is 0.000822. The molecule has 0 aliphatic carbocycles. The van der Waals surface area contributed by atoms with Crippen molar-refractivity contribution in [3.8, 4) is 23.0 Å². The molecule has 3 amide bonds. The number of pyridine rings is 2. The Morgan fingerprint density at radius 1 is 0.684 bits per heavy atom. The summed E-state index contributed by atoms with van der Waals surface area (Å²) in [7, 11) is 0. The monoisotopic (exact) mass is 834 g/mol. The standard InChI is InChI=1S/C22H26FN3O5.C17H18FN3O3.2ClH/c1-22(2,3)31-20(27)25-11-12-26(21(28)30-18-8-6-16(23)7-9-18)17(14-25)15-29-19-5-4-10-24-13-19;18-13-3-5-15(6-4-13)24-17(22)21-9-8-20-10-14(21)12-23-16-2-1-7-19-11-16;;/h4-10,13,17H,11-12,14-15H2,1-3H3;1-7,11,14,20H,8-10,12H2;2*1H. The second kappa shape index (κ2) is 22.3. The molecule has 2 saturated heterocycles. The van der Waals surface area contributed by atoms with Crippen molar-refractivity contribution in [2.45, 2.75) is 38.5 Å². The maximum absolute atomic E-state index is 13.1. The lowest BCUT2D eigenvalue weighted by atomic mass is 10.2. The van der Waals surface area contributed by atoms with Crippen molar-refractivity contribution in [3.63, 3.8) is 0 Å². The van der Waals surface area contributed by atoms with Gasteiger partial charge in [0.2, 0.25) is 0 Å². The summed E-state index contributed by atoms with van der Waals surface area (Å²) in [5.74, 6) is 0.937. The van der Waals surface area contributed by atoms with Crippen molar-refractivity contribution >= 4 is 43.1 Å². The molecule has 2 aromatic carbocycles. The van der Waals surface area contributed by atoms with Gasteiger partial charge >= 0.3 is 18.3 Å². The van der Waals surface area contributed by atoms with Crippen LogP contribution < -0.4 is 24.3 Å². The maximum Gasteiger partial charge on any atom is 0.415 e. The fraction of sp³-hybridized carbons (Fsp3) is 0.359. The minimum atomic E-state index is -0.628. The molecule has 0 radical (unpaired) electrons. The van der Waals surface area contributed by atoms with Gasteiger partial charge in [0.1, 0.15) is 53.4 Å². The number of aromatic nitrogens is 2. The highest BCUT2D eigenvalue weighted by molar-refractivity contribution is 5.85. The van der Waals surface area contributed by atoms with E-state index >= 15 is 0 Å². The van der Waals surface area contributed by atoms with Gasteiger partial charge in [-0.05, 0) is 93.6 Å². The van der Waals surface area contributed by atoms with Gasteiger partial charge in [0.25, 0.3) is 0 Å². The first-order valence-corrected chi connectivity index (χ1v) is 17.7. The molecule has 2 atom stereocenters.